The maximum Gasteiger partial charge on any atom is 0.129 e. The van der Waals surface area contributed by atoms with Crippen molar-refractivity contribution in [3.8, 4) is 22.5 Å². The minimum absolute atomic E-state index is 0.456. The van der Waals surface area contributed by atoms with E-state index in [4.69, 9.17) is 21.6 Å². The van der Waals surface area contributed by atoms with Crippen LogP contribution in [0, 0.1) is 6.92 Å². The van der Waals surface area contributed by atoms with Crippen LogP contribution in [0.3, 0.4) is 0 Å². The summed E-state index contributed by atoms with van der Waals surface area (Å²) in [5.41, 5.74) is 9.05. The SMILES string of the molecule is Cc1ccc(-c2nccc3c4ccccc4n(Cn4c5ccccc5c5ccnc(-c6ccc(Cl)nc6)c54)c23)cn1. The molecule has 0 bridgehead atoms. The number of fused-ring (bicyclic) bond motifs is 6. The van der Waals surface area contributed by atoms with E-state index in [9.17, 15) is 0 Å². The van der Waals surface area contributed by atoms with Gasteiger partial charge in [-0.05, 0) is 55.5 Å². The topological polar surface area (TPSA) is 61.4 Å². The molecule has 7 heteroatoms. The first kappa shape index (κ1) is 23.8. The molecule has 0 amide bonds. The second kappa shape index (κ2) is 9.25. The van der Waals surface area contributed by atoms with Crippen LogP contribution in [0.2, 0.25) is 5.15 Å². The van der Waals surface area contributed by atoms with Crippen LogP contribution in [-0.2, 0) is 6.67 Å². The predicted octanol–water partition coefficient (Wildman–Crippen LogP) is 8.28. The summed E-state index contributed by atoms with van der Waals surface area (Å²) in [4.78, 5) is 18.7. The largest absolute Gasteiger partial charge is 0.320 e. The first-order valence-electron chi connectivity index (χ1n) is 13.4. The summed E-state index contributed by atoms with van der Waals surface area (Å²) in [6.45, 7) is 2.56. The molecule has 0 atom stereocenters. The number of rotatable bonds is 4. The second-order valence-corrected chi connectivity index (χ2v) is 10.6. The van der Waals surface area contributed by atoms with E-state index in [2.05, 4.69) is 85.8 Å². The van der Waals surface area contributed by atoms with Gasteiger partial charge in [0, 0.05) is 63.2 Å². The standard InChI is InChI=1S/C34H23ClN6/c1-21-10-11-22(18-38-21)31-33-26(14-16-36-31)24-6-2-4-8-28(24)40(33)20-41-29-9-5-3-7-25(29)27-15-17-37-32(34(27)41)23-12-13-30(35)39-19-23/h2-19H,20H2,1H3. The molecule has 8 rings (SSSR count). The summed E-state index contributed by atoms with van der Waals surface area (Å²) in [6.07, 6.45) is 7.47. The van der Waals surface area contributed by atoms with Gasteiger partial charge in [0.25, 0.3) is 0 Å². The van der Waals surface area contributed by atoms with Crippen LogP contribution in [0.1, 0.15) is 5.69 Å². The molecule has 0 aliphatic rings. The fourth-order valence-corrected chi connectivity index (χ4v) is 6.10. The smallest absolute Gasteiger partial charge is 0.129 e. The molecule has 8 aromatic rings. The normalized spacial score (nSPS) is 11.8. The lowest BCUT2D eigenvalue weighted by atomic mass is 10.1. The number of aromatic nitrogens is 6. The van der Waals surface area contributed by atoms with E-state index in [0.29, 0.717) is 11.8 Å². The van der Waals surface area contributed by atoms with Gasteiger partial charge in [-0.2, -0.15) is 0 Å². The fourth-order valence-electron chi connectivity index (χ4n) is 5.99. The zero-order valence-corrected chi connectivity index (χ0v) is 22.9. The van der Waals surface area contributed by atoms with Crippen molar-refractivity contribution in [2.24, 2.45) is 0 Å². The number of nitrogens with zero attached hydrogens (tertiary/aromatic N) is 6. The van der Waals surface area contributed by atoms with Gasteiger partial charge in [0.2, 0.25) is 0 Å². The number of aryl methyl sites for hydroxylation is 1. The van der Waals surface area contributed by atoms with E-state index < -0.39 is 0 Å². The Morgan fingerprint density at radius 3 is 1.61 bits per heavy atom. The third kappa shape index (κ3) is 3.72. The number of benzene rings is 2. The number of hydrogen-bond donors (Lipinski definition) is 0. The lowest BCUT2D eigenvalue weighted by Crippen LogP contribution is -2.09. The highest BCUT2D eigenvalue weighted by atomic mass is 35.5. The summed E-state index contributed by atoms with van der Waals surface area (Å²) in [7, 11) is 0. The van der Waals surface area contributed by atoms with Gasteiger partial charge in [-0.15, -0.1) is 0 Å². The molecule has 6 heterocycles. The summed E-state index contributed by atoms with van der Waals surface area (Å²) < 4.78 is 4.73. The minimum atomic E-state index is 0.456. The van der Waals surface area contributed by atoms with Gasteiger partial charge in [-0.1, -0.05) is 48.0 Å². The third-order valence-electron chi connectivity index (χ3n) is 7.83. The lowest BCUT2D eigenvalue weighted by molar-refractivity contribution is 0.682. The van der Waals surface area contributed by atoms with Crippen molar-refractivity contribution in [2.75, 3.05) is 0 Å². The third-order valence-corrected chi connectivity index (χ3v) is 8.05. The molecule has 0 aliphatic heterocycles. The molecule has 0 radical (unpaired) electrons. The van der Waals surface area contributed by atoms with Gasteiger partial charge >= 0.3 is 0 Å². The van der Waals surface area contributed by atoms with E-state index in [1.54, 1.807) is 6.20 Å². The van der Waals surface area contributed by atoms with Crippen molar-refractivity contribution >= 4 is 55.2 Å². The van der Waals surface area contributed by atoms with Crippen LogP contribution in [-0.4, -0.2) is 29.1 Å². The van der Waals surface area contributed by atoms with E-state index in [1.807, 2.05) is 43.7 Å². The van der Waals surface area contributed by atoms with Crippen molar-refractivity contribution in [3.05, 3.63) is 121 Å². The van der Waals surface area contributed by atoms with Gasteiger partial charge in [0.05, 0.1) is 33.5 Å². The van der Waals surface area contributed by atoms with E-state index in [0.717, 1.165) is 61.0 Å². The van der Waals surface area contributed by atoms with Crippen LogP contribution < -0.4 is 0 Å². The molecule has 0 spiro atoms. The molecule has 0 saturated heterocycles. The van der Waals surface area contributed by atoms with Crippen LogP contribution in [0.4, 0.5) is 0 Å². The fraction of sp³-hybridized carbons (Fsp3) is 0.0588. The summed E-state index contributed by atoms with van der Waals surface area (Å²) >= 11 is 6.14. The highest BCUT2D eigenvalue weighted by Crippen LogP contribution is 2.38. The quantitative estimate of drug-likeness (QED) is 0.207. The number of para-hydroxylation sites is 2. The summed E-state index contributed by atoms with van der Waals surface area (Å²) in [6, 6.07) is 29.2. The maximum atomic E-state index is 6.14. The molecule has 0 unspecified atom stereocenters. The number of hydrogen-bond acceptors (Lipinski definition) is 4. The maximum absolute atomic E-state index is 6.14. The molecule has 196 valence electrons. The Balaban J connectivity index is 1.46. The Morgan fingerprint density at radius 1 is 0.561 bits per heavy atom. The van der Waals surface area contributed by atoms with Crippen molar-refractivity contribution in [2.45, 2.75) is 13.6 Å². The molecular weight excluding hydrogens is 528 g/mol. The van der Waals surface area contributed by atoms with Crippen LogP contribution in [0.15, 0.2) is 110 Å². The van der Waals surface area contributed by atoms with Crippen LogP contribution in [0.25, 0.3) is 66.1 Å². The van der Waals surface area contributed by atoms with Gasteiger partial charge in [-0.25, -0.2) is 4.98 Å². The van der Waals surface area contributed by atoms with Crippen LogP contribution >= 0.6 is 11.6 Å². The van der Waals surface area contributed by atoms with Gasteiger partial charge in [0.1, 0.15) is 11.8 Å². The molecule has 6 nitrogen and oxygen atoms in total. The van der Waals surface area contributed by atoms with E-state index >= 15 is 0 Å². The molecule has 41 heavy (non-hydrogen) atoms. The number of halogens is 1. The minimum Gasteiger partial charge on any atom is -0.320 e. The van der Waals surface area contributed by atoms with Crippen LogP contribution in [0.5, 0.6) is 0 Å². The van der Waals surface area contributed by atoms with Crippen molar-refractivity contribution < 1.29 is 0 Å². The first-order chi connectivity index (χ1) is 20.2. The lowest BCUT2D eigenvalue weighted by Gasteiger charge is -2.15. The van der Waals surface area contributed by atoms with Crippen molar-refractivity contribution in [1.29, 1.82) is 0 Å². The molecule has 0 saturated carbocycles. The molecular formula is C34H23ClN6. The summed E-state index contributed by atoms with van der Waals surface area (Å²) in [5.74, 6) is 0. The Labute approximate surface area is 240 Å². The average Bonchev–Trinajstić information content (AvgIpc) is 3.51. The molecule has 2 aromatic carbocycles. The Hall–Kier alpha value is -5.07. The first-order valence-corrected chi connectivity index (χ1v) is 13.8. The monoisotopic (exact) mass is 550 g/mol. The molecule has 6 aromatic heterocycles. The van der Waals surface area contributed by atoms with E-state index in [-0.39, 0.29) is 0 Å². The zero-order chi connectivity index (χ0) is 27.5. The zero-order valence-electron chi connectivity index (χ0n) is 22.2. The molecule has 0 N–H and O–H groups in total. The highest BCUT2D eigenvalue weighted by molar-refractivity contribution is 6.29. The van der Waals surface area contributed by atoms with Gasteiger partial charge in [0.15, 0.2) is 0 Å². The Kier molecular flexibility index (Phi) is 5.37. The average molecular weight is 551 g/mol. The summed E-state index contributed by atoms with van der Waals surface area (Å²) in [5, 5.41) is 5.12. The van der Waals surface area contributed by atoms with Gasteiger partial charge in [-0.3, -0.25) is 15.0 Å². The Morgan fingerprint density at radius 2 is 1.10 bits per heavy atom. The van der Waals surface area contributed by atoms with Gasteiger partial charge < -0.3 is 9.13 Å². The molecule has 0 aliphatic carbocycles. The highest BCUT2D eigenvalue weighted by Gasteiger charge is 2.20. The number of pyridine rings is 4. The Bertz CT molecular complexity index is 2080. The molecule has 0 fully saturated rings. The predicted molar refractivity (Wildman–Crippen MR) is 166 cm³/mol. The second-order valence-electron chi connectivity index (χ2n) is 10.2. The van der Waals surface area contributed by atoms with E-state index in [1.165, 1.54) is 10.8 Å². The van der Waals surface area contributed by atoms with Crippen molar-refractivity contribution in [3.63, 3.8) is 0 Å². The van der Waals surface area contributed by atoms with Crippen molar-refractivity contribution in [1.82, 2.24) is 29.1 Å².